The van der Waals surface area contributed by atoms with Crippen LogP contribution in [0.15, 0.2) is 48.6 Å². The molecule has 0 unspecified atom stereocenters. The van der Waals surface area contributed by atoms with Gasteiger partial charge in [-0.15, -0.1) is 0 Å². The van der Waals surface area contributed by atoms with Gasteiger partial charge in [-0.05, 0) is 12.1 Å². The number of nitriles is 1. The molecule has 2 rings (SSSR count). The quantitative estimate of drug-likeness (QED) is 0.380. The van der Waals surface area contributed by atoms with E-state index < -0.39 is 11.7 Å². The lowest BCUT2D eigenvalue weighted by molar-refractivity contribution is -0.133. The van der Waals surface area contributed by atoms with Gasteiger partial charge in [-0.2, -0.15) is 5.26 Å². The van der Waals surface area contributed by atoms with Crippen LogP contribution < -0.4 is 15.4 Å². The highest BCUT2D eigenvalue weighted by Crippen LogP contribution is 2.23. The molecule has 0 spiro atoms. The van der Waals surface area contributed by atoms with Crippen molar-refractivity contribution in [1.82, 2.24) is 20.6 Å². The third kappa shape index (κ3) is 5.94. The van der Waals surface area contributed by atoms with E-state index in [-0.39, 0.29) is 6.61 Å². The number of aromatic nitrogens is 2. The largest absolute Gasteiger partial charge is 0.477 e. The van der Waals surface area contributed by atoms with E-state index in [0.717, 1.165) is 16.8 Å². The Kier molecular flexibility index (Phi) is 7.32. The summed E-state index contributed by atoms with van der Waals surface area (Å²) in [5.41, 5.74) is 2.30. The molecule has 4 N–H and O–H groups in total. The van der Waals surface area contributed by atoms with Crippen molar-refractivity contribution in [3.63, 3.8) is 0 Å². The van der Waals surface area contributed by atoms with Crippen LogP contribution >= 0.6 is 0 Å². The molecule has 0 bridgehead atoms. The molecule has 8 nitrogen and oxygen atoms in total. The third-order valence-electron chi connectivity index (χ3n) is 4.10. The Morgan fingerprint density at radius 2 is 1.89 bits per heavy atom. The Hall–Kier alpha value is -3.15. The van der Waals surface area contributed by atoms with Gasteiger partial charge in [-0.1, -0.05) is 19.9 Å². The summed E-state index contributed by atoms with van der Waals surface area (Å²) in [6, 6.07) is 9.47. The highest BCUT2D eigenvalue weighted by Gasteiger charge is 2.27. The second-order valence-electron chi connectivity index (χ2n) is 6.87. The van der Waals surface area contributed by atoms with E-state index in [1.165, 1.54) is 0 Å². The maximum absolute atomic E-state index is 9.30. The highest BCUT2D eigenvalue weighted by molar-refractivity contribution is 5.61. The monoisotopic (exact) mass is 383 g/mol. The van der Waals surface area contributed by atoms with E-state index in [9.17, 15) is 10.2 Å². The number of ether oxygens (including phenoxy) is 1. The lowest BCUT2D eigenvalue weighted by atomic mass is 9.94. The van der Waals surface area contributed by atoms with E-state index in [2.05, 4.69) is 20.6 Å². The van der Waals surface area contributed by atoms with Crippen molar-refractivity contribution in [1.29, 1.82) is 5.26 Å². The average molecular weight is 383 g/mol. The van der Waals surface area contributed by atoms with Crippen LogP contribution in [0.4, 0.5) is 0 Å². The first-order chi connectivity index (χ1) is 13.4. The predicted molar refractivity (Wildman–Crippen MR) is 105 cm³/mol. The summed E-state index contributed by atoms with van der Waals surface area (Å²) in [6.45, 7) is 4.04. The zero-order valence-electron chi connectivity index (χ0n) is 16.2. The number of hydrogen-bond donors (Lipinski definition) is 4. The summed E-state index contributed by atoms with van der Waals surface area (Å²) >= 11 is 0. The van der Waals surface area contributed by atoms with Crippen LogP contribution in [0.3, 0.4) is 0 Å². The maximum atomic E-state index is 9.30. The molecule has 2 aromatic rings. The number of hydrogen-bond acceptors (Lipinski definition) is 8. The molecule has 0 fully saturated rings. The molecule has 0 saturated heterocycles. The van der Waals surface area contributed by atoms with Crippen molar-refractivity contribution >= 4 is 0 Å². The first-order valence-corrected chi connectivity index (χ1v) is 8.77. The molecule has 2 heterocycles. The van der Waals surface area contributed by atoms with E-state index in [1.54, 1.807) is 45.6 Å². The van der Waals surface area contributed by atoms with Crippen LogP contribution in [0.1, 0.15) is 19.5 Å². The van der Waals surface area contributed by atoms with Crippen molar-refractivity contribution in [3.8, 4) is 23.1 Å². The SMILES string of the molecule is CN/C(C#N)=C\NCc1ccc(-c2ccc(OCC(C)(C)C(O)O)nc2)cn1. The zero-order chi connectivity index (χ0) is 20.6. The van der Waals surface area contributed by atoms with Crippen LogP contribution in [0.25, 0.3) is 11.1 Å². The van der Waals surface area contributed by atoms with Crippen molar-refractivity contribution in [3.05, 3.63) is 54.3 Å². The summed E-state index contributed by atoms with van der Waals surface area (Å²) in [4.78, 5) is 8.66. The van der Waals surface area contributed by atoms with Gasteiger partial charge in [0.25, 0.3) is 0 Å². The molecule has 148 valence electrons. The summed E-state index contributed by atoms with van der Waals surface area (Å²) in [5, 5.41) is 33.2. The Morgan fingerprint density at radius 1 is 1.21 bits per heavy atom. The van der Waals surface area contributed by atoms with E-state index in [1.807, 2.05) is 24.3 Å². The van der Waals surface area contributed by atoms with Crippen LogP contribution in [-0.4, -0.2) is 40.1 Å². The van der Waals surface area contributed by atoms with Gasteiger partial charge in [-0.3, -0.25) is 4.98 Å². The second kappa shape index (κ2) is 9.69. The molecule has 0 aliphatic heterocycles. The average Bonchev–Trinajstić information content (AvgIpc) is 2.70. The lowest BCUT2D eigenvalue weighted by Gasteiger charge is -2.26. The zero-order valence-corrected chi connectivity index (χ0v) is 16.2. The van der Waals surface area contributed by atoms with Gasteiger partial charge in [0.15, 0.2) is 6.29 Å². The van der Waals surface area contributed by atoms with E-state index in [4.69, 9.17) is 10.00 Å². The molecule has 0 amide bonds. The van der Waals surface area contributed by atoms with Crippen molar-refractivity contribution in [2.24, 2.45) is 5.41 Å². The minimum Gasteiger partial charge on any atom is -0.477 e. The van der Waals surface area contributed by atoms with Gasteiger partial charge < -0.3 is 25.6 Å². The van der Waals surface area contributed by atoms with Crippen LogP contribution in [0.2, 0.25) is 0 Å². The Labute approximate surface area is 164 Å². The van der Waals surface area contributed by atoms with Gasteiger partial charge in [0.2, 0.25) is 5.88 Å². The number of nitrogens with zero attached hydrogens (tertiary/aromatic N) is 3. The number of pyridine rings is 2. The minimum atomic E-state index is -1.47. The first kappa shape index (κ1) is 21.2. The fourth-order valence-corrected chi connectivity index (χ4v) is 2.09. The molecule has 2 aromatic heterocycles. The van der Waals surface area contributed by atoms with Gasteiger partial charge in [0.05, 0.1) is 18.8 Å². The van der Waals surface area contributed by atoms with Gasteiger partial charge in [0.1, 0.15) is 11.8 Å². The van der Waals surface area contributed by atoms with E-state index in [0.29, 0.717) is 18.1 Å². The van der Waals surface area contributed by atoms with Gasteiger partial charge >= 0.3 is 0 Å². The summed E-state index contributed by atoms with van der Waals surface area (Å²) in [5.74, 6) is 0.413. The van der Waals surface area contributed by atoms with Crippen molar-refractivity contribution in [2.75, 3.05) is 13.7 Å². The topological polar surface area (TPSA) is 123 Å². The molecule has 0 aliphatic rings. The molecule has 0 aromatic carbocycles. The standard InChI is InChI=1S/C20H25N5O3/c1-20(2,19(26)27)13-28-18-7-5-15(10-25-18)14-4-6-16(24-9-14)11-23-12-17(8-21)22-3/h4-7,9-10,12,19,22-23,26-27H,11,13H2,1-3H3/b17-12-. The number of allylic oxidation sites excluding steroid dienone is 1. The number of rotatable bonds is 9. The number of nitrogens with one attached hydrogen (secondary N) is 2. The van der Waals surface area contributed by atoms with E-state index >= 15 is 0 Å². The van der Waals surface area contributed by atoms with Crippen molar-refractivity contribution < 1.29 is 14.9 Å². The highest BCUT2D eigenvalue weighted by atomic mass is 16.5. The minimum absolute atomic E-state index is 0.135. The van der Waals surface area contributed by atoms with Crippen molar-refractivity contribution in [2.45, 2.75) is 26.7 Å². The van der Waals surface area contributed by atoms with Gasteiger partial charge in [-0.25, -0.2) is 4.98 Å². The molecule has 0 radical (unpaired) electrons. The second-order valence-corrected chi connectivity index (χ2v) is 6.87. The van der Waals surface area contributed by atoms with Gasteiger partial charge in [0, 0.05) is 48.2 Å². The van der Waals surface area contributed by atoms with Crippen LogP contribution in [0, 0.1) is 16.7 Å². The fourth-order valence-electron chi connectivity index (χ4n) is 2.09. The normalized spacial score (nSPS) is 11.8. The van der Waals surface area contributed by atoms with Crippen LogP contribution in [0.5, 0.6) is 5.88 Å². The summed E-state index contributed by atoms with van der Waals surface area (Å²) < 4.78 is 5.54. The summed E-state index contributed by atoms with van der Waals surface area (Å²) in [6.07, 6.45) is 3.58. The Morgan fingerprint density at radius 3 is 2.39 bits per heavy atom. The van der Waals surface area contributed by atoms with Crippen LogP contribution in [-0.2, 0) is 6.54 Å². The molecule has 28 heavy (non-hydrogen) atoms. The molecule has 8 heteroatoms. The smallest absolute Gasteiger partial charge is 0.213 e. The predicted octanol–water partition coefficient (Wildman–Crippen LogP) is 1.53. The number of aliphatic hydroxyl groups excluding tert-OH is 1. The summed E-state index contributed by atoms with van der Waals surface area (Å²) in [7, 11) is 1.69. The molecule has 0 atom stereocenters. The molecule has 0 aliphatic carbocycles. The molecular formula is C20H25N5O3. The lowest BCUT2D eigenvalue weighted by Crippen LogP contribution is -2.34. The molecule has 0 saturated carbocycles. The number of aliphatic hydroxyl groups is 2. The maximum Gasteiger partial charge on any atom is 0.213 e. The third-order valence-corrected chi connectivity index (χ3v) is 4.10. The Bertz CT molecular complexity index is 824. The Balaban J connectivity index is 1.95. The molecular weight excluding hydrogens is 358 g/mol. The first-order valence-electron chi connectivity index (χ1n) is 8.77. The fraction of sp³-hybridized carbons (Fsp3) is 0.350.